The molecular weight excluding hydrogens is 504 g/mol. The monoisotopic (exact) mass is 530 g/mol. The first-order valence-corrected chi connectivity index (χ1v) is 13.0. The van der Waals surface area contributed by atoms with E-state index in [1.54, 1.807) is 18.0 Å². The van der Waals surface area contributed by atoms with Gasteiger partial charge in [-0.15, -0.1) is 0 Å². The summed E-state index contributed by atoms with van der Waals surface area (Å²) in [7, 11) is 1.49. The molecule has 1 fully saturated rings. The number of thiocarbonyl (C=S) groups is 1. The molecule has 0 radical (unpaired) electrons. The number of furan rings is 1. The summed E-state index contributed by atoms with van der Waals surface area (Å²) in [6, 6.07) is 25.3. The number of nitrogens with one attached hydrogen (secondary N) is 2. The van der Waals surface area contributed by atoms with Crippen molar-refractivity contribution in [2.24, 2.45) is 0 Å². The van der Waals surface area contributed by atoms with Crippen LogP contribution in [0.25, 0.3) is 0 Å². The minimum atomic E-state index is -0.263. The Hall–Kier alpha value is -3.66. The Labute approximate surface area is 225 Å². The number of benzene rings is 2. The molecule has 37 heavy (non-hydrogen) atoms. The summed E-state index contributed by atoms with van der Waals surface area (Å²) in [4.78, 5) is 19.8. The average Bonchev–Trinajstić information content (AvgIpc) is 3.50. The fourth-order valence-electron chi connectivity index (χ4n) is 4.33. The van der Waals surface area contributed by atoms with E-state index in [2.05, 4.69) is 32.7 Å². The van der Waals surface area contributed by atoms with Crippen LogP contribution in [0.5, 0.6) is 0 Å². The number of aryl methyl sites for hydroxylation is 1. The number of carbonyl (C=O) groups is 1. The zero-order valence-electron chi connectivity index (χ0n) is 20.4. The number of aromatic nitrogens is 1. The van der Waals surface area contributed by atoms with E-state index in [0.29, 0.717) is 5.11 Å². The number of nitrogens with zero attached hydrogens (tertiary/aromatic N) is 2. The standard InChI is InChI=1S/C28H26N4O3S2/c1-18-16-19(11-12-21(18)30-24(33)17-34-2)32-27(26(31-28(32)36)22-10-6-7-15-29-22)23-13-14-25(35-23)37-20-8-4-3-5-9-20/h3-16,26-27H,17H2,1-2H3,(H,30,33)(H,31,36)/t26-,27-/m1/s1. The van der Waals surface area contributed by atoms with Gasteiger partial charge in [0.2, 0.25) is 5.91 Å². The molecular formula is C28H26N4O3S2. The third-order valence-electron chi connectivity index (χ3n) is 5.99. The normalized spacial score (nSPS) is 17.0. The Kier molecular flexibility index (Phi) is 7.55. The minimum Gasteiger partial charge on any atom is -0.452 e. The zero-order valence-corrected chi connectivity index (χ0v) is 22.0. The molecule has 0 unspecified atom stereocenters. The third-order valence-corrected chi connectivity index (χ3v) is 7.23. The molecule has 9 heteroatoms. The Morgan fingerprint density at radius 1 is 1.14 bits per heavy atom. The number of pyridine rings is 1. The fraction of sp³-hybridized carbons (Fsp3) is 0.179. The number of hydrogen-bond acceptors (Lipinski definition) is 6. The fourth-order valence-corrected chi connectivity index (χ4v) is 5.48. The molecule has 2 atom stereocenters. The van der Waals surface area contributed by atoms with Crippen molar-refractivity contribution >= 4 is 46.4 Å². The smallest absolute Gasteiger partial charge is 0.250 e. The molecule has 2 N–H and O–H groups in total. The molecule has 2 aromatic carbocycles. The second-order valence-corrected chi connectivity index (χ2v) is 10.0. The van der Waals surface area contributed by atoms with Gasteiger partial charge in [-0.2, -0.15) is 0 Å². The lowest BCUT2D eigenvalue weighted by Crippen LogP contribution is -2.29. The highest BCUT2D eigenvalue weighted by atomic mass is 32.2. The van der Waals surface area contributed by atoms with Gasteiger partial charge in [-0.25, -0.2) is 0 Å². The van der Waals surface area contributed by atoms with Crippen LogP contribution in [0, 0.1) is 6.92 Å². The van der Waals surface area contributed by atoms with E-state index in [9.17, 15) is 4.79 Å². The zero-order chi connectivity index (χ0) is 25.8. The molecule has 7 nitrogen and oxygen atoms in total. The van der Waals surface area contributed by atoms with Crippen LogP contribution in [0.1, 0.15) is 29.1 Å². The molecule has 3 heterocycles. The minimum absolute atomic E-state index is 0.00300. The predicted molar refractivity (Wildman–Crippen MR) is 149 cm³/mol. The van der Waals surface area contributed by atoms with Crippen LogP contribution in [-0.4, -0.2) is 29.7 Å². The van der Waals surface area contributed by atoms with Crippen molar-refractivity contribution in [2.75, 3.05) is 23.9 Å². The van der Waals surface area contributed by atoms with Crippen LogP contribution in [0.2, 0.25) is 0 Å². The van der Waals surface area contributed by atoms with Crippen molar-refractivity contribution in [3.05, 3.63) is 102 Å². The van der Waals surface area contributed by atoms with Gasteiger partial charge in [-0.05, 0) is 79.3 Å². The van der Waals surface area contributed by atoms with Crippen LogP contribution in [-0.2, 0) is 9.53 Å². The van der Waals surface area contributed by atoms with E-state index < -0.39 is 0 Å². The van der Waals surface area contributed by atoms with Gasteiger partial charge in [0.1, 0.15) is 18.4 Å². The largest absolute Gasteiger partial charge is 0.452 e. The second kappa shape index (κ2) is 11.2. The molecule has 0 spiro atoms. The molecule has 2 aromatic heterocycles. The van der Waals surface area contributed by atoms with Crippen molar-refractivity contribution in [3.63, 3.8) is 0 Å². The molecule has 0 aliphatic carbocycles. The van der Waals surface area contributed by atoms with E-state index in [-0.39, 0.29) is 24.6 Å². The molecule has 1 aliphatic rings. The van der Waals surface area contributed by atoms with E-state index >= 15 is 0 Å². The van der Waals surface area contributed by atoms with E-state index in [4.69, 9.17) is 21.4 Å². The van der Waals surface area contributed by atoms with Crippen molar-refractivity contribution in [1.29, 1.82) is 0 Å². The number of amides is 1. The average molecular weight is 531 g/mol. The predicted octanol–water partition coefficient (Wildman–Crippen LogP) is 5.90. The summed E-state index contributed by atoms with van der Waals surface area (Å²) in [6.07, 6.45) is 1.78. The summed E-state index contributed by atoms with van der Waals surface area (Å²) in [5.74, 6) is 0.570. The van der Waals surface area contributed by atoms with Crippen molar-refractivity contribution in [3.8, 4) is 0 Å². The van der Waals surface area contributed by atoms with Crippen LogP contribution in [0.3, 0.4) is 0 Å². The van der Waals surface area contributed by atoms with Gasteiger partial charge < -0.3 is 24.7 Å². The lowest BCUT2D eigenvalue weighted by atomic mass is 10.0. The third kappa shape index (κ3) is 5.53. The van der Waals surface area contributed by atoms with Crippen LogP contribution >= 0.6 is 24.0 Å². The summed E-state index contributed by atoms with van der Waals surface area (Å²) in [6.45, 7) is 1.95. The quantitative estimate of drug-likeness (QED) is 0.273. The molecule has 188 valence electrons. The van der Waals surface area contributed by atoms with Crippen molar-refractivity contribution in [2.45, 2.75) is 29.0 Å². The first-order chi connectivity index (χ1) is 18.0. The Morgan fingerprint density at radius 2 is 1.95 bits per heavy atom. The van der Waals surface area contributed by atoms with Crippen molar-refractivity contribution in [1.82, 2.24) is 10.3 Å². The number of hydrogen-bond donors (Lipinski definition) is 2. The van der Waals surface area contributed by atoms with Gasteiger partial charge in [-0.1, -0.05) is 36.0 Å². The van der Waals surface area contributed by atoms with Gasteiger partial charge in [0.25, 0.3) is 0 Å². The van der Waals surface area contributed by atoms with Crippen molar-refractivity contribution < 1.29 is 13.9 Å². The first-order valence-electron chi connectivity index (χ1n) is 11.8. The molecule has 1 amide bonds. The second-order valence-electron chi connectivity index (χ2n) is 8.55. The number of methoxy groups -OCH3 is 1. The lowest BCUT2D eigenvalue weighted by molar-refractivity contribution is -0.119. The maximum Gasteiger partial charge on any atom is 0.250 e. The number of rotatable bonds is 8. The van der Waals surface area contributed by atoms with E-state index in [1.807, 2.05) is 73.7 Å². The summed E-state index contributed by atoms with van der Waals surface area (Å²) in [5, 5.41) is 7.70. The highest BCUT2D eigenvalue weighted by molar-refractivity contribution is 7.99. The molecule has 4 aromatic rings. The molecule has 1 aliphatic heterocycles. The lowest BCUT2D eigenvalue weighted by Gasteiger charge is -2.26. The molecule has 1 saturated heterocycles. The van der Waals surface area contributed by atoms with Crippen LogP contribution in [0.15, 0.2) is 99.5 Å². The Morgan fingerprint density at radius 3 is 2.68 bits per heavy atom. The van der Waals surface area contributed by atoms with E-state index in [0.717, 1.165) is 38.4 Å². The molecule has 5 rings (SSSR count). The topological polar surface area (TPSA) is 79.6 Å². The number of ether oxygens (including phenoxy) is 1. The molecule has 0 bridgehead atoms. The van der Waals surface area contributed by atoms with Gasteiger partial charge in [0.05, 0.1) is 11.7 Å². The Balaban J connectivity index is 1.49. The van der Waals surface area contributed by atoms with Crippen LogP contribution in [0.4, 0.5) is 11.4 Å². The summed E-state index contributed by atoms with van der Waals surface area (Å²) >= 11 is 7.39. The highest BCUT2D eigenvalue weighted by Crippen LogP contribution is 2.44. The first kappa shape index (κ1) is 25.0. The molecule has 0 saturated carbocycles. The SMILES string of the molecule is COCC(=O)Nc1ccc(N2C(=S)N[C@H](c3ccccn3)[C@H]2c2ccc(Sc3ccccc3)o2)cc1C. The van der Waals surface area contributed by atoms with Gasteiger partial charge in [0.15, 0.2) is 10.2 Å². The maximum absolute atomic E-state index is 12.0. The van der Waals surface area contributed by atoms with Gasteiger partial charge >= 0.3 is 0 Å². The summed E-state index contributed by atoms with van der Waals surface area (Å²) in [5.41, 5.74) is 3.38. The Bertz CT molecular complexity index is 1400. The number of anilines is 2. The highest BCUT2D eigenvalue weighted by Gasteiger charge is 2.42. The van der Waals surface area contributed by atoms with Gasteiger partial charge in [0, 0.05) is 29.6 Å². The van der Waals surface area contributed by atoms with E-state index in [1.165, 1.54) is 7.11 Å². The van der Waals surface area contributed by atoms with Crippen LogP contribution < -0.4 is 15.5 Å². The summed E-state index contributed by atoms with van der Waals surface area (Å²) < 4.78 is 11.3. The van der Waals surface area contributed by atoms with Gasteiger partial charge in [-0.3, -0.25) is 9.78 Å². The maximum atomic E-state index is 12.0. The number of carbonyl (C=O) groups excluding carboxylic acids is 1.